The van der Waals surface area contributed by atoms with Crippen molar-refractivity contribution in [1.82, 2.24) is 15.2 Å². The molecular formula is C26H30N4O3. The first kappa shape index (κ1) is 21.4. The van der Waals surface area contributed by atoms with Gasteiger partial charge in [-0.05, 0) is 61.4 Å². The highest BCUT2D eigenvalue weighted by Gasteiger charge is 2.28. The summed E-state index contributed by atoms with van der Waals surface area (Å²) in [6.07, 6.45) is 2.17. The van der Waals surface area contributed by atoms with Crippen LogP contribution in [-0.4, -0.2) is 41.0 Å². The number of carbonyl (C=O) groups is 2. The van der Waals surface area contributed by atoms with E-state index in [0.717, 1.165) is 30.5 Å². The number of urea groups is 1. The number of aromatic nitrogens is 1. The van der Waals surface area contributed by atoms with Crippen LogP contribution in [0.3, 0.4) is 0 Å². The van der Waals surface area contributed by atoms with Gasteiger partial charge < -0.3 is 25.3 Å². The maximum atomic E-state index is 13.1. The molecule has 3 amide bonds. The smallest absolute Gasteiger partial charge is 0.317 e. The Morgan fingerprint density at radius 1 is 1.24 bits per heavy atom. The van der Waals surface area contributed by atoms with Crippen molar-refractivity contribution in [3.8, 4) is 5.75 Å². The normalized spacial score (nSPS) is 21.2. The van der Waals surface area contributed by atoms with Gasteiger partial charge in [0.2, 0.25) is 0 Å². The molecule has 3 atom stereocenters. The van der Waals surface area contributed by atoms with Crippen molar-refractivity contribution in [3.63, 3.8) is 0 Å². The second-order valence-electron chi connectivity index (χ2n) is 9.03. The quantitative estimate of drug-likeness (QED) is 0.531. The monoisotopic (exact) mass is 446 g/mol. The molecule has 0 aliphatic carbocycles. The van der Waals surface area contributed by atoms with Crippen molar-refractivity contribution in [1.29, 1.82) is 0 Å². The summed E-state index contributed by atoms with van der Waals surface area (Å²) in [6, 6.07) is 15.9. The van der Waals surface area contributed by atoms with Crippen LogP contribution in [-0.2, 0) is 4.79 Å². The van der Waals surface area contributed by atoms with E-state index in [1.54, 1.807) is 0 Å². The molecule has 2 aliphatic rings. The molecule has 0 bridgehead atoms. The van der Waals surface area contributed by atoms with E-state index in [4.69, 9.17) is 4.74 Å². The summed E-state index contributed by atoms with van der Waals surface area (Å²) >= 11 is 0. The van der Waals surface area contributed by atoms with E-state index in [0.29, 0.717) is 30.3 Å². The predicted molar refractivity (Wildman–Crippen MR) is 129 cm³/mol. The molecule has 7 heteroatoms. The molecule has 2 aliphatic heterocycles. The number of nitrogens with one attached hydrogen (secondary N) is 3. The average Bonchev–Trinajstić information content (AvgIpc) is 3.28. The molecule has 2 aromatic carbocycles. The van der Waals surface area contributed by atoms with E-state index in [2.05, 4.69) is 33.8 Å². The highest BCUT2D eigenvalue weighted by Crippen LogP contribution is 2.33. The van der Waals surface area contributed by atoms with E-state index in [-0.39, 0.29) is 18.0 Å². The second kappa shape index (κ2) is 8.81. The number of benzene rings is 2. The number of fused-ring (bicyclic) bond motifs is 2. The van der Waals surface area contributed by atoms with Crippen LogP contribution in [0.5, 0.6) is 5.75 Å². The van der Waals surface area contributed by atoms with E-state index in [1.807, 2.05) is 49.1 Å². The Morgan fingerprint density at radius 2 is 2.09 bits per heavy atom. The van der Waals surface area contributed by atoms with Gasteiger partial charge in [-0.25, -0.2) is 4.79 Å². The number of hydrogen-bond donors (Lipinski definition) is 3. The van der Waals surface area contributed by atoms with Crippen molar-refractivity contribution in [2.75, 3.05) is 18.4 Å². The molecular weight excluding hydrogens is 416 g/mol. The summed E-state index contributed by atoms with van der Waals surface area (Å²) < 4.78 is 5.85. The van der Waals surface area contributed by atoms with Gasteiger partial charge in [-0.2, -0.15) is 0 Å². The Labute approximate surface area is 193 Å². The Balaban J connectivity index is 1.25. The third-order valence-electron chi connectivity index (χ3n) is 6.74. The van der Waals surface area contributed by atoms with E-state index in [9.17, 15) is 9.59 Å². The average molecular weight is 447 g/mol. The van der Waals surface area contributed by atoms with E-state index >= 15 is 0 Å². The Morgan fingerprint density at radius 3 is 2.91 bits per heavy atom. The molecule has 3 N–H and O–H groups in total. The number of piperidine rings is 1. The summed E-state index contributed by atoms with van der Waals surface area (Å²) in [4.78, 5) is 30.5. The highest BCUT2D eigenvalue weighted by molar-refractivity contribution is 5.97. The molecule has 3 heterocycles. The fraction of sp³-hybridized carbons (Fsp3) is 0.385. The third-order valence-corrected chi connectivity index (χ3v) is 6.74. The Bertz CT molecular complexity index is 1150. The van der Waals surface area contributed by atoms with Gasteiger partial charge in [0, 0.05) is 30.2 Å². The number of hydrogen-bond acceptors (Lipinski definition) is 3. The van der Waals surface area contributed by atoms with Gasteiger partial charge in [0.15, 0.2) is 6.10 Å². The summed E-state index contributed by atoms with van der Waals surface area (Å²) in [6.45, 7) is 5.34. The SMILES string of the molecule is CCC1Oc2cc(C(C)NC(=O)N3CCCC(c4cc5ccccc5[nH]4)C3)ccc2NC1=O. The number of likely N-dealkylation sites (tertiary alicyclic amines) is 1. The molecule has 7 nitrogen and oxygen atoms in total. The first-order valence-electron chi connectivity index (χ1n) is 11.8. The fourth-order valence-corrected chi connectivity index (χ4v) is 4.79. The van der Waals surface area contributed by atoms with Crippen LogP contribution in [0.25, 0.3) is 10.9 Å². The molecule has 172 valence electrons. The molecule has 33 heavy (non-hydrogen) atoms. The molecule has 3 unspecified atom stereocenters. The summed E-state index contributed by atoms with van der Waals surface area (Å²) in [7, 11) is 0. The lowest BCUT2D eigenvalue weighted by molar-refractivity contribution is -0.123. The minimum Gasteiger partial charge on any atom is -0.478 e. The Kier molecular flexibility index (Phi) is 5.70. The zero-order valence-corrected chi connectivity index (χ0v) is 19.1. The number of carbonyl (C=O) groups excluding carboxylic acids is 2. The van der Waals surface area contributed by atoms with Crippen LogP contribution in [0.2, 0.25) is 0 Å². The first-order chi connectivity index (χ1) is 16.0. The number of amides is 3. The van der Waals surface area contributed by atoms with Gasteiger partial charge in [0.05, 0.1) is 11.7 Å². The fourth-order valence-electron chi connectivity index (χ4n) is 4.79. The summed E-state index contributed by atoms with van der Waals surface area (Å²) in [5.41, 5.74) is 3.95. The van der Waals surface area contributed by atoms with Crippen LogP contribution in [0.4, 0.5) is 10.5 Å². The van der Waals surface area contributed by atoms with Crippen LogP contribution in [0, 0.1) is 0 Å². The molecule has 0 radical (unpaired) electrons. The maximum absolute atomic E-state index is 13.1. The van der Waals surface area contributed by atoms with Crippen molar-refractivity contribution >= 4 is 28.5 Å². The molecule has 1 aromatic heterocycles. The van der Waals surface area contributed by atoms with Gasteiger partial charge in [-0.3, -0.25) is 4.79 Å². The zero-order valence-electron chi connectivity index (χ0n) is 19.1. The molecule has 0 spiro atoms. The zero-order chi connectivity index (χ0) is 22.9. The second-order valence-corrected chi connectivity index (χ2v) is 9.03. The number of anilines is 1. The highest BCUT2D eigenvalue weighted by atomic mass is 16.5. The number of H-pyrrole nitrogens is 1. The lowest BCUT2D eigenvalue weighted by Crippen LogP contribution is -2.45. The minimum atomic E-state index is -0.479. The summed E-state index contributed by atoms with van der Waals surface area (Å²) in [5.74, 6) is 0.838. The summed E-state index contributed by atoms with van der Waals surface area (Å²) in [5, 5.41) is 7.23. The molecule has 3 aromatic rings. The minimum absolute atomic E-state index is 0.0540. The van der Waals surface area contributed by atoms with Crippen LogP contribution in [0.15, 0.2) is 48.5 Å². The van der Waals surface area contributed by atoms with E-state index in [1.165, 1.54) is 11.1 Å². The van der Waals surface area contributed by atoms with Crippen LogP contribution in [0.1, 0.15) is 56.3 Å². The lowest BCUT2D eigenvalue weighted by atomic mass is 9.95. The Hall–Kier alpha value is -3.48. The first-order valence-corrected chi connectivity index (χ1v) is 11.8. The van der Waals surface area contributed by atoms with Gasteiger partial charge in [0.1, 0.15) is 5.75 Å². The van der Waals surface area contributed by atoms with Gasteiger partial charge >= 0.3 is 6.03 Å². The van der Waals surface area contributed by atoms with Crippen LogP contribution < -0.4 is 15.4 Å². The number of nitrogens with zero attached hydrogens (tertiary/aromatic N) is 1. The van der Waals surface area contributed by atoms with Crippen molar-refractivity contribution in [2.45, 2.75) is 51.2 Å². The predicted octanol–water partition coefficient (Wildman–Crippen LogP) is 4.93. The molecule has 5 rings (SSSR count). The molecule has 1 saturated heterocycles. The standard InChI is InChI=1S/C26H30N4O3/c1-3-23-25(31)29-21-11-10-17(14-24(21)33-23)16(2)27-26(32)30-12-6-8-19(15-30)22-13-18-7-4-5-9-20(18)28-22/h4-5,7,9-11,13-14,16,19,23,28H,3,6,8,12,15H2,1-2H3,(H,27,32)(H,29,31). The molecule has 0 saturated carbocycles. The van der Waals surface area contributed by atoms with Gasteiger partial charge in [-0.15, -0.1) is 0 Å². The largest absolute Gasteiger partial charge is 0.478 e. The number of para-hydroxylation sites is 1. The van der Waals surface area contributed by atoms with Crippen molar-refractivity contribution in [2.24, 2.45) is 0 Å². The lowest BCUT2D eigenvalue weighted by Gasteiger charge is -2.33. The number of ether oxygens (including phenoxy) is 1. The number of rotatable bonds is 4. The van der Waals surface area contributed by atoms with Crippen molar-refractivity contribution < 1.29 is 14.3 Å². The maximum Gasteiger partial charge on any atom is 0.317 e. The third kappa shape index (κ3) is 4.27. The van der Waals surface area contributed by atoms with Crippen molar-refractivity contribution in [3.05, 3.63) is 59.8 Å². The van der Waals surface area contributed by atoms with Gasteiger partial charge in [-0.1, -0.05) is 31.2 Å². The topological polar surface area (TPSA) is 86.5 Å². The molecule has 1 fully saturated rings. The number of aromatic amines is 1. The van der Waals surface area contributed by atoms with Crippen LogP contribution >= 0.6 is 0 Å². The van der Waals surface area contributed by atoms with Gasteiger partial charge in [0.25, 0.3) is 5.91 Å². The van der Waals surface area contributed by atoms with E-state index < -0.39 is 6.10 Å².